The number of benzene rings is 3. The Morgan fingerprint density at radius 1 is 0.709 bits per heavy atom. The summed E-state index contributed by atoms with van der Waals surface area (Å²) in [4.78, 5) is 195. The summed E-state index contributed by atoms with van der Waals surface area (Å²) >= 11 is 0. The number of aliphatic carboxylic acids is 1. The van der Waals surface area contributed by atoms with Crippen molar-refractivity contribution in [3.63, 3.8) is 0 Å². The van der Waals surface area contributed by atoms with Crippen LogP contribution in [0.1, 0.15) is 143 Å². The number of nitrogens with two attached hydrogens (primary N) is 1. The van der Waals surface area contributed by atoms with Crippen LogP contribution >= 0.6 is 0 Å². The molecule has 2 aliphatic heterocycles. The highest BCUT2D eigenvalue weighted by Crippen LogP contribution is 2.31. The van der Waals surface area contributed by atoms with Crippen LogP contribution in [0.15, 0.2) is 97.2 Å². The number of urea groups is 1. The van der Waals surface area contributed by atoms with Crippen LogP contribution in [0.25, 0.3) is 0 Å². The number of methoxy groups -OCH3 is 2. The Morgan fingerprint density at radius 3 is 1.94 bits per heavy atom. The third-order valence-electron chi connectivity index (χ3n) is 21.2. The summed E-state index contributed by atoms with van der Waals surface area (Å²) in [5.41, 5.74) is 7.89. The first-order chi connectivity index (χ1) is 55.4. The molecule has 0 radical (unpaired) electrons. The van der Waals surface area contributed by atoms with Gasteiger partial charge in [-0.25, -0.2) is 14.5 Å². The number of aliphatic hydroxyl groups excluding tert-OH is 1. The third kappa shape index (κ3) is 27.5. The number of aryl methyl sites for hydroxylation is 1. The van der Waals surface area contributed by atoms with E-state index in [4.69, 9.17) is 19.9 Å². The van der Waals surface area contributed by atoms with Gasteiger partial charge in [0.05, 0.1) is 79.7 Å². The highest BCUT2D eigenvalue weighted by molar-refractivity contribution is 6.28. The number of imide groups is 1. The molecule has 4 aromatic rings. The number of aliphatic hydroxyl groups is 1. The Hall–Kier alpha value is -11.2. The second-order valence-corrected chi connectivity index (χ2v) is 30.9. The molecule has 0 spiro atoms. The largest absolute Gasteiger partial charge is 0.480 e. The zero-order valence-electron chi connectivity index (χ0n) is 69.6. The zero-order valence-corrected chi connectivity index (χ0v) is 69.6. The first kappa shape index (κ1) is 94.7. The van der Waals surface area contributed by atoms with Gasteiger partial charge >= 0.3 is 18.1 Å². The van der Waals surface area contributed by atoms with Gasteiger partial charge in [-0.1, -0.05) is 129 Å². The van der Waals surface area contributed by atoms with Crippen molar-refractivity contribution in [3.05, 3.63) is 120 Å². The van der Waals surface area contributed by atoms with Gasteiger partial charge in [0, 0.05) is 91.9 Å². The Bertz CT molecular complexity index is 4090. The lowest BCUT2D eigenvalue weighted by Crippen LogP contribution is -2.60. The van der Waals surface area contributed by atoms with E-state index in [0.717, 1.165) is 26.9 Å². The van der Waals surface area contributed by atoms with Crippen molar-refractivity contribution < 1.29 is 91.5 Å². The number of nitrogens with one attached hydrogen (secondary N) is 6. The second kappa shape index (κ2) is 45.3. The standard InChI is InChI=1S/C82H118N16O19/c1-16-51(8)73(62(115-14)43-67(103)97-39-21-25-61(97)75(116-15)52(9)76(108)85-53(10)74(107)56-22-18-17-19-23-56)93(12)80(112)71(49(4)5)89-79(111)72(50(6)7)94(13)82(114)117-47-55-26-30-57(31-27-55)86-77(109)60(24-20-38-84-81(83)113)87-78(110)70(48(2)3)88-63(99)35-32-58-44-96(91-90-58)41-40-95(45-68(104)92(11)46-69(105)106)66(102)42-54-28-33-59(34-29-54)98-64(100)36-37-65(98)101/h17-19,22-23,26-31,33-34,36-37,44,48-53,60-62,70-75,107H,16,20-21,24-25,32,35,38-43,45-47H2,1-15H3,(H,85,108)(H,86,109)(H,87,110)(H,88,99)(H,89,111)(H,105,106)(H3,83,84,113)/t51-,52-,53+,60-,61?,62+,70-,71-,72-,73-,74+,75-/m0/s1. The number of nitrogens with zero attached hydrogens (tertiary/aromatic N) is 9. The SMILES string of the molecule is CC[C@H](C)[C@@H]([C@@H](CC(=O)N1CCCC1[C@@H](OC)[C@H](C)C(=O)N[C@H](C)[C@@H](O)c1ccccc1)OC)N(C)C(=O)[C@@H](NC(=O)[C@H](C(C)C)N(C)C(=O)OCc1ccc(NC(=O)[C@H](CCCNC(N)=O)NC(=O)[C@@H](NC(=O)CCc2cn(CCN(CC(=O)N(C)CC(=O)O)C(=O)Cc3ccc(N4C(=O)C=CC4=O)cc3)nn2)C(C)C)cc1)C(C)C. The van der Waals surface area contributed by atoms with E-state index in [9.17, 15) is 77.3 Å². The number of carboxylic acids is 1. The highest BCUT2D eigenvalue weighted by Gasteiger charge is 2.45. The summed E-state index contributed by atoms with van der Waals surface area (Å²) in [6.07, 6.45) is 2.16. The van der Waals surface area contributed by atoms with Crippen LogP contribution in [0.5, 0.6) is 0 Å². The minimum atomic E-state index is -1.26. The summed E-state index contributed by atoms with van der Waals surface area (Å²) in [6.45, 7) is 16.9. The average Bonchev–Trinajstić information content (AvgIpc) is 1.79. The number of hydrogen-bond donors (Lipinski definition) is 9. The number of ether oxygens (including phenoxy) is 3. The molecule has 35 nitrogen and oxygen atoms in total. The van der Waals surface area contributed by atoms with E-state index in [0.29, 0.717) is 53.9 Å². The van der Waals surface area contributed by atoms with Gasteiger partial charge in [0.1, 0.15) is 37.3 Å². The van der Waals surface area contributed by atoms with Crippen molar-refractivity contribution >= 4 is 94.4 Å². The summed E-state index contributed by atoms with van der Waals surface area (Å²) in [5, 5.41) is 45.2. The van der Waals surface area contributed by atoms with Crippen LogP contribution in [-0.2, 0) is 97.7 Å². The van der Waals surface area contributed by atoms with Crippen molar-refractivity contribution in [1.82, 2.24) is 66.1 Å². The number of likely N-dealkylation sites (N-methyl/N-ethyl adjacent to an activating group) is 3. The number of carboxylic acid groups (broad SMARTS) is 1. The van der Waals surface area contributed by atoms with Crippen LogP contribution in [0.4, 0.5) is 21.0 Å². The molecular weight excluding hydrogens is 1510 g/mol. The summed E-state index contributed by atoms with van der Waals surface area (Å²) in [5.74, 6) is -9.29. The van der Waals surface area contributed by atoms with Crippen LogP contribution in [0, 0.1) is 29.6 Å². The number of rotatable bonds is 45. The van der Waals surface area contributed by atoms with Gasteiger partial charge < -0.3 is 81.7 Å². The summed E-state index contributed by atoms with van der Waals surface area (Å²) < 4.78 is 19.2. The molecule has 10 N–H and O–H groups in total. The van der Waals surface area contributed by atoms with E-state index >= 15 is 0 Å². The number of carbonyl (C=O) groups excluding carboxylic acids is 13. The predicted molar refractivity (Wildman–Crippen MR) is 431 cm³/mol. The topological polar surface area (TPSA) is 455 Å². The first-order valence-electron chi connectivity index (χ1n) is 39.6. The minimum absolute atomic E-state index is 0.0159. The normalized spacial score (nSPS) is 16.1. The molecule has 2 aliphatic rings. The molecule has 0 bridgehead atoms. The molecule has 12 atom stereocenters. The maximum Gasteiger partial charge on any atom is 0.410 e. The fourth-order valence-electron chi connectivity index (χ4n) is 14.3. The van der Waals surface area contributed by atoms with Crippen LogP contribution < -0.4 is 42.5 Å². The maximum absolute atomic E-state index is 14.9. The van der Waals surface area contributed by atoms with E-state index in [1.165, 1.54) is 61.1 Å². The molecule has 1 saturated heterocycles. The van der Waals surface area contributed by atoms with E-state index in [2.05, 4.69) is 42.2 Å². The van der Waals surface area contributed by atoms with Crippen molar-refractivity contribution in [3.8, 4) is 0 Å². The van der Waals surface area contributed by atoms with Gasteiger partial charge in [-0.15, -0.1) is 5.10 Å². The number of amides is 14. The van der Waals surface area contributed by atoms with Crippen LogP contribution in [0.3, 0.4) is 0 Å². The lowest BCUT2D eigenvalue weighted by atomic mass is 9.89. The quantitative estimate of drug-likeness (QED) is 0.0224. The summed E-state index contributed by atoms with van der Waals surface area (Å²) in [7, 11) is 7.32. The molecule has 3 aromatic carbocycles. The fourth-order valence-corrected chi connectivity index (χ4v) is 14.3. The maximum atomic E-state index is 14.9. The van der Waals surface area contributed by atoms with Gasteiger partial charge in [0.25, 0.3) is 11.8 Å². The molecule has 3 heterocycles. The molecule has 35 heteroatoms. The molecule has 1 unspecified atom stereocenters. The Morgan fingerprint density at radius 2 is 1.35 bits per heavy atom. The number of likely N-dealkylation sites (tertiary alicyclic amines) is 1. The molecule has 14 amide bonds. The molecule has 1 fully saturated rings. The molecule has 117 heavy (non-hydrogen) atoms. The monoisotopic (exact) mass is 1630 g/mol. The zero-order chi connectivity index (χ0) is 86.7. The lowest BCUT2D eigenvalue weighted by molar-refractivity contribution is -0.148. The second-order valence-electron chi connectivity index (χ2n) is 30.9. The number of aromatic nitrogens is 3. The molecule has 0 saturated carbocycles. The van der Waals surface area contributed by atoms with E-state index in [-0.39, 0.29) is 88.2 Å². The number of primary amides is 1. The Kier molecular flexibility index (Phi) is 36.7. The first-order valence-corrected chi connectivity index (χ1v) is 39.6. The van der Waals surface area contributed by atoms with E-state index in [1.807, 2.05) is 32.0 Å². The average molecular weight is 1630 g/mol. The Balaban J connectivity index is 1.02. The Labute approximate surface area is 683 Å². The smallest absolute Gasteiger partial charge is 0.410 e. The van der Waals surface area contributed by atoms with E-state index in [1.54, 1.807) is 116 Å². The molecular formula is C82H118N16O19. The van der Waals surface area contributed by atoms with Gasteiger partial charge in [-0.2, -0.15) is 0 Å². The van der Waals surface area contributed by atoms with Gasteiger partial charge in [0.15, 0.2) is 0 Å². The number of hydrogen-bond acceptors (Lipinski definition) is 20. The minimum Gasteiger partial charge on any atom is -0.480 e. The molecule has 1 aromatic heterocycles. The van der Waals surface area contributed by atoms with Crippen LogP contribution in [-0.4, -0.2) is 255 Å². The molecule has 640 valence electrons. The highest BCUT2D eigenvalue weighted by atomic mass is 16.6. The fraction of sp³-hybridized carbons (Fsp3) is 0.561. The third-order valence-corrected chi connectivity index (χ3v) is 21.2. The van der Waals surface area contributed by atoms with Crippen molar-refractivity contribution in [2.75, 3.05) is 78.3 Å². The van der Waals surface area contributed by atoms with Crippen molar-refractivity contribution in [2.24, 2.45) is 35.3 Å². The summed E-state index contributed by atoms with van der Waals surface area (Å²) in [6, 6.07) is 14.4. The number of anilines is 2. The lowest BCUT2D eigenvalue weighted by Gasteiger charge is -2.41. The molecule has 6 rings (SSSR count). The van der Waals surface area contributed by atoms with Crippen LogP contribution in [0.2, 0.25) is 0 Å². The van der Waals surface area contributed by atoms with Gasteiger partial charge in [-0.3, -0.25) is 67.1 Å². The predicted octanol–water partition coefficient (Wildman–Crippen LogP) is 3.86. The van der Waals surface area contributed by atoms with E-state index < -0.39 is 169 Å². The number of carbonyl (C=O) groups is 14. The van der Waals surface area contributed by atoms with Crippen molar-refractivity contribution in [1.29, 1.82) is 0 Å². The van der Waals surface area contributed by atoms with Gasteiger partial charge in [-0.05, 0) is 97.2 Å². The van der Waals surface area contributed by atoms with Gasteiger partial charge in [0.2, 0.25) is 53.2 Å². The van der Waals surface area contributed by atoms with Crippen molar-refractivity contribution in [2.45, 2.75) is 201 Å². The molecule has 0 aliphatic carbocycles.